The molecule has 1 heterocycles. The highest BCUT2D eigenvalue weighted by molar-refractivity contribution is 5.82. The number of benzene rings is 2. The fourth-order valence-electron chi connectivity index (χ4n) is 2.87. The molecular formula is C17H21NO5. The molecule has 3 rings (SSSR count). The molecule has 0 aliphatic carbocycles. The zero-order chi connectivity index (χ0) is 16.4. The summed E-state index contributed by atoms with van der Waals surface area (Å²) in [6.45, 7) is -0.166. The molecule has 0 bridgehead atoms. The molecule has 0 unspecified atom stereocenters. The number of nitrogens with one attached hydrogen (secondary N) is 1. The second kappa shape index (κ2) is 6.52. The van der Waals surface area contributed by atoms with Gasteiger partial charge in [-0.15, -0.1) is 0 Å². The van der Waals surface area contributed by atoms with Crippen LogP contribution in [0.25, 0.3) is 10.8 Å². The van der Waals surface area contributed by atoms with Crippen LogP contribution >= 0.6 is 0 Å². The number of hydrogen-bond acceptors (Lipinski definition) is 6. The molecule has 0 amide bonds. The lowest BCUT2D eigenvalue weighted by Crippen LogP contribution is -2.61. The van der Waals surface area contributed by atoms with Gasteiger partial charge in [-0.05, 0) is 22.4 Å². The minimum Gasteiger partial charge on any atom is -0.394 e. The maximum Gasteiger partial charge on any atom is 0.228 e. The van der Waals surface area contributed by atoms with E-state index in [1.165, 1.54) is 0 Å². The molecule has 0 spiro atoms. The largest absolute Gasteiger partial charge is 0.394 e. The Labute approximate surface area is 134 Å². The van der Waals surface area contributed by atoms with Gasteiger partial charge in [0, 0.05) is 13.0 Å². The van der Waals surface area contributed by atoms with Gasteiger partial charge in [-0.2, -0.15) is 0 Å². The van der Waals surface area contributed by atoms with Gasteiger partial charge in [0.1, 0.15) is 12.2 Å². The van der Waals surface area contributed by atoms with E-state index in [9.17, 15) is 20.4 Å². The Kier molecular flexibility index (Phi) is 4.63. The van der Waals surface area contributed by atoms with E-state index in [0.29, 0.717) is 6.54 Å². The number of aliphatic hydroxyl groups is 4. The molecule has 2 aromatic rings. The molecule has 124 valence electrons. The molecular weight excluding hydrogens is 298 g/mol. The molecule has 23 heavy (non-hydrogen) atoms. The lowest BCUT2D eigenvalue weighted by Gasteiger charge is -2.42. The summed E-state index contributed by atoms with van der Waals surface area (Å²) < 4.78 is 5.30. The normalized spacial score (nSPS) is 31.4. The highest BCUT2D eigenvalue weighted by atomic mass is 16.7. The van der Waals surface area contributed by atoms with E-state index in [1.54, 1.807) is 0 Å². The van der Waals surface area contributed by atoms with Gasteiger partial charge in [-0.25, -0.2) is 0 Å². The first-order chi connectivity index (χ1) is 11.0. The van der Waals surface area contributed by atoms with Crippen molar-refractivity contribution in [3.8, 4) is 0 Å². The van der Waals surface area contributed by atoms with Gasteiger partial charge in [-0.1, -0.05) is 36.4 Å². The first-order valence-electron chi connectivity index (χ1n) is 7.61. The Bertz CT molecular complexity index is 679. The van der Waals surface area contributed by atoms with Crippen molar-refractivity contribution in [3.63, 3.8) is 0 Å². The average Bonchev–Trinajstić information content (AvgIpc) is 2.56. The molecule has 0 radical (unpaired) electrons. The van der Waals surface area contributed by atoms with Gasteiger partial charge in [0.25, 0.3) is 0 Å². The molecule has 1 aliphatic rings. The molecule has 1 saturated heterocycles. The Morgan fingerprint density at radius 2 is 1.87 bits per heavy atom. The predicted molar refractivity (Wildman–Crippen MR) is 84.3 cm³/mol. The number of fused-ring (bicyclic) bond motifs is 1. The standard InChI is InChI=1S/C17H21NO5/c19-10-15-16(21)14(20)8-17(22,23-15)18-9-11-5-6-12-3-1-2-4-13(12)7-11/h1-7,14-16,18-22H,8-10H2/t14-,15-,16+,17+/m1/s1. The van der Waals surface area contributed by atoms with Crippen LogP contribution in [0, 0.1) is 0 Å². The summed E-state index contributed by atoms with van der Waals surface area (Å²) in [6.07, 6.45) is -3.61. The van der Waals surface area contributed by atoms with Gasteiger partial charge in [0.15, 0.2) is 0 Å². The van der Waals surface area contributed by atoms with Crippen LogP contribution in [0.4, 0.5) is 0 Å². The molecule has 1 fully saturated rings. The van der Waals surface area contributed by atoms with E-state index in [2.05, 4.69) is 5.32 Å². The molecule has 2 aromatic carbocycles. The van der Waals surface area contributed by atoms with Crippen LogP contribution in [-0.2, 0) is 11.3 Å². The highest BCUT2D eigenvalue weighted by Gasteiger charge is 2.44. The molecule has 5 N–H and O–H groups in total. The summed E-state index contributed by atoms with van der Waals surface area (Å²) in [4.78, 5) is 0. The van der Waals surface area contributed by atoms with E-state index >= 15 is 0 Å². The first kappa shape index (κ1) is 16.3. The minimum absolute atomic E-state index is 0.182. The number of hydrogen-bond donors (Lipinski definition) is 5. The molecule has 4 atom stereocenters. The van der Waals surface area contributed by atoms with Crippen LogP contribution < -0.4 is 5.32 Å². The van der Waals surface area contributed by atoms with Crippen molar-refractivity contribution >= 4 is 10.8 Å². The third kappa shape index (κ3) is 3.53. The zero-order valence-electron chi connectivity index (χ0n) is 12.6. The van der Waals surface area contributed by atoms with Crippen LogP contribution in [0.5, 0.6) is 0 Å². The van der Waals surface area contributed by atoms with E-state index in [0.717, 1.165) is 16.3 Å². The lowest BCUT2D eigenvalue weighted by atomic mass is 9.99. The monoisotopic (exact) mass is 319 g/mol. The molecule has 6 nitrogen and oxygen atoms in total. The van der Waals surface area contributed by atoms with Crippen molar-refractivity contribution in [1.82, 2.24) is 5.32 Å². The van der Waals surface area contributed by atoms with Gasteiger partial charge in [-0.3, -0.25) is 5.32 Å². The van der Waals surface area contributed by atoms with E-state index in [1.807, 2.05) is 42.5 Å². The first-order valence-corrected chi connectivity index (χ1v) is 7.61. The van der Waals surface area contributed by atoms with E-state index in [4.69, 9.17) is 4.74 Å². The van der Waals surface area contributed by atoms with Crippen LogP contribution in [0.3, 0.4) is 0 Å². The molecule has 6 heteroatoms. The van der Waals surface area contributed by atoms with Crippen molar-refractivity contribution in [3.05, 3.63) is 48.0 Å². The summed E-state index contributed by atoms with van der Waals surface area (Å²) in [5, 5.41) is 44.2. The van der Waals surface area contributed by atoms with E-state index < -0.39 is 30.8 Å². The Hall–Kier alpha value is -1.54. The van der Waals surface area contributed by atoms with Crippen molar-refractivity contribution in [2.24, 2.45) is 0 Å². The van der Waals surface area contributed by atoms with Gasteiger partial charge in [0.05, 0.1) is 12.7 Å². The number of aliphatic hydroxyl groups excluding tert-OH is 3. The predicted octanol–water partition coefficient (Wildman–Crippen LogP) is 0.0785. The second-order valence-electron chi connectivity index (χ2n) is 5.92. The minimum atomic E-state index is -1.79. The maximum atomic E-state index is 10.4. The lowest BCUT2D eigenvalue weighted by molar-refractivity contribution is -0.319. The maximum absolute atomic E-state index is 10.4. The fraction of sp³-hybridized carbons (Fsp3) is 0.412. The molecule has 1 aliphatic heterocycles. The number of rotatable bonds is 4. The SMILES string of the molecule is OC[C@H]1O[C@](O)(NCc2ccc3ccccc3c2)C[C@@H](O)[C@@H]1O. The topological polar surface area (TPSA) is 102 Å². The molecule has 0 aromatic heterocycles. The smallest absolute Gasteiger partial charge is 0.228 e. The second-order valence-corrected chi connectivity index (χ2v) is 5.92. The summed E-state index contributed by atoms with van der Waals surface area (Å²) in [6, 6.07) is 13.9. The summed E-state index contributed by atoms with van der Waals surface area (Å²) in [7, 11) is 0. The Morgan fingerprint density at radius 3 is 2.61 bits per heavy atom. The van der Waals surface area contributed by atoms with Crippen LogP contribution in [0.2, 0.25) is 0 Å². The van der Waals surface area contributed by atoms with Crippen molar-refractivity contribution in [1.29, 1.82) is 0 Å². The zero-order valence-corrected chi connectivity index (χ0v) is 12.6. The Balaban J connectivity index is 1.70. The number of ether oxygens (including phenoxy) is 1. The summed E-state index contributed by atoms with van der Waals surface area (Å²) in [5.41, 5.74) is 0.946. The molecule has 0 saturated carbocycles. The van der Waals surface area contributed by atoms with Gasteiger partial charge >= 0.3 is 0 Å². The third-order valence-corrected chi connectivity index (χ3v) is 4.17. The third-order valence-electron chi connectivity index (χ3n) is 4.17. The van der Waals surface area contributed by atoms with Crippen molar-refractivity contribution in [2.75, 3.05) is 6.61 Å². The Morgan fingerprint density at radius 1 is 1.13 bits per heavy atom. The van der Waals surface area contributed by atoms with Gasteiger partial charge in [0.2, 0.25) is 5.91 Å². The van der Waals surface area contributed by atoms with Crippen molar-refractivity contribution in [2.45, 2.75) is 37.2 Å². The fourth-order valence-corrected chi connectivity index (χ4v) is 2.87. The quantitative estimate of drug-likeness (QED) is 0.512. The highest BCUT2D eigenvalue weighted by Crippen LogP contribution is 2.26. The van der Waals surface area contributed by atoms with Crippen LogP contribution in [0.15, 0.2) is 42.5 Å². The van der Waals surface area contributed by atoms with Crippen LogP contribution in [-0.4, -0.2) is 51.3 Å². The van der Waals surface area contributed by atoms with Crippen molar-refractivity contribution < 1.29 is 25.2 Å². The average molecular weight is 319 g/mol. The van der Waals surface area contributed by atoms with Crippen LogP contribution in [0.1, 0.15) is 12.0 Å². The van der Waals surface area contributed by atoms with E-state index in [-0.39, 0.29) is 6.42 Å². The van der Waals surface area contributed by atoms with Gasteiger partial charge < -0.3 is 25.2 Å². The summed E-state index contributed by atoms with van der Waals surface area (Å²) >= 11 is 0. The summed E-state index contributed by atoms with van der Waals surface area (Å²) in [5.74, 6) is -1.79.